The third kappa shape index (κ3) is 2.19. The topological polar surface area (TPSA) is 29.5 Å². The zero-order valence-corrected chi connectivity index (χ0v) is 10.2. The molecule has 2 aromatic rings. The average Bonchev–Trinajstić information content (AvgIpc) is 2.39. The lowest BCUT2D eigenvalue weighted by Gasteiger charge is -2.26. The van der Waals surface area contributed by atoms with Crippen molar-refractivity contribution in [3.05, 3.63) is 59.7 Å². The zero-order chi connectivity index (χ0) is 12.4. The van der Waals surface area contributed by atoms with E-state index in [1.807, 2.05) is 6.07 Å². The maximum absolute atomic E-state index is 9.46. The van der Waals surface area contributed by atoms with Crippen LogP contribution in [0.15, 0.2) is 48.5 Å². The molecule has 2 nitrogen and oxygen atoms in total. The van der Waals surface area contributed by atoms with Crippen LogP contribution in [0.1, 0.15) is 30.1 Å². The Bertz CT molecular complexity index is 548. The van der Waals surface area contributed by atoms with Crippen LogP contribution in [0.5, 0.6) is 11.5 Å². The molecule has 1 unspecified atom stereocenters. The van der Waals surface area contributed by atoms with Crippen molar-refractivity contribution in [2.75, 3.05) is 0 Å². The maximum Gasteiger partial charge on any atom is 0.124 e. The summed E-state index contributed by atoms with van der Waals surface area (Å²) < 4.78 is 6.00. The Morgan fingerprint density at radius 1 is 1.06 bits per heavy atom. The molecule has 0 fully saturated rings. The minimum atomic E-state index is 0.108. The second-order valence-corrected chi connectivity index (χ2v) is 4.69. The molecule has 0 saturated carbocycles. The van der Waals surface area contributed by atoms with E-state index in [0.29, 0.717) is 0 Å². The van der Waals surface area contributed by atoms with E-state index >= 15 is 0 Å². The predicted octanol–water partition coefficient (Wildman–Crippen LogP) is 3.85. The second kappa shape index (κ2) is 4.73. The number of ether oxygens (including phenoxy) is 1. The van der Waals surface area contributed by atoms with Gasteiger partial charge in [0.15, 0.2) is 0 Å². The Balaban J connectivity index is 1.86. The van der Waals surface area contributed by atoms with Crippen LogP contribution >= 0.6 is 0 Å². The molecule has 3 rings (SSSR count). The van der Waals surface area contributed by atoms with Gasteiger partial charge in [-0.3, -0.25) is 0 Å². The molecule has 1 N–H and O–H groups in total. The Morgan fingerprint density at radius 3 is 2.83 bits per heavy atom. The van der Waals surface area contributed by atoms with Crippen molar-refractivity contribution in [2.24, 2.45) is 0 Å². The standard InChI is InChI=1S/C16H16O2/c17-13-7-4-8-14(11-13)18-16-10-3-6-12-5-1-2-9-15(12)16/h1-2,4-5,7-9,11,16-17H,3,6,10H2. The number of hydrogen-bond donors (Lipinski definition) is 1. The third-order valence-corrected chi connectivity index (χ3v) is 3.41. The van der Waals surface area contributed by atoms with Gasteiger partial charge in [-0.15, -0.1) is 0 Å². The van der Waals surface area contributed by atoms with Gasteiger partial charge in [0.1, 0.15) is 17.6 Å². The van der Waals surface area contributed by atoms with E-state index in [9.17, 15) is 5.11 Å². The Labute approximate surface area is 107 Å². The molecule has 0 amide bonds. The van der Waals surface area contributed by atoms with E-state index in [4.69, 9.17) is 4.74 Å². The lowest BCUT2D eigenvalue weighted by atomic mass is 9.89. The number of hydrogen-bond acceptors (Lipinski definition) is 2. The van der Waals surface area contributed by atoms with Crippen molar-refractivity contribution in [3.63, 3.8) is 0 Å². The van der Waals surface area contributed by atoms with Gasteiger partial charge in [0.05, 0.1) is 0 Å². The molecular weight excluding hydrogens is 224 g/mol. The second-order valence-electron chi connectivity index (χ2n) is 4.69. The van der Waals surface area contributed by atoms with Gasteiger partial charge in [-0.05, 0) is 42.5 Å². The summed E-state index contributed by atoms with van der Waals surface area (Å²) in [5.41, 5.74) is 2.67. The number of phenolic OH excluding ortho intramolecular Hbond substituents is 1. The molecule has 1 atom stereocenters. The smallest absolute Gasteiger partial charge is 0.124 e. The normalized spacial score (nSPS) is 18.1. The summed E-state index contributed by atoms with van der Waals surface area (Å²) in [5, 5.41) is 9.46. The lowest BCUT2D eigenvalue weighted by Crippen LogP contribution is -2.15. The van der Waals surface area contributed by atoms with E-state index in [-0.39, 0.29) is 11.9 Å². The van der Waals surface area contributed by atoms with Gasteiger partial charge in [-0.1, -0.05) is 30.3 Å². The minimum absolute atomic E-state index is 0.108. The van der Waals surface area contributed by atoms with Gasteiger partial charge in [-0.2, -0.15) is 0 Å². The first-order valence-electron chi connectivity index (χ1n) is 6.36. The molecule has 0 radical (unpaired) electrons. The lowest BCUT2D eigenvalue weighted by molar-refractivity contribution is 0.183. The number of rotatable bonds is 2. The zero-order valence-electron chi connectivity index (χ0n) is 10.2. The van der Waals surface area contributed by atoms with Crippen molar-refractivity contribution in [3.8, 4) is 11.5 Å². The van der Waals surface area contributed by atoms with Crippen LogP contribution in [-0.2, 0) is 6.42 Å². The Kier molecular flexibility index (Phi) is 2.93. The highest BCUT2D eigenvalue weighted by molar-refractivity contribution is 5.35. The van der Waals surface area contributed by atoms with Gasteiger partial charge in [0, 0.05) is 6.07 Å². The highest BCUT2D eigenvalue weighted by atomic mass is 16.5. The Morgan fingerprint density at radius 2 is 1.94 bits per heavy atom. The summed E-state index contributed by atoms with van der Waals surface area (Å²) >= 11 is 0. The first-order chi connectivity index (χ1) is 8.83. The van der Waals surface area contributed by atoms with Crippen LogP contribution in [0.3, 0.4) is 0 Å². The van der Waals surface area contributed by atoms with Crippen molar-refractivity contribution in [2.45, 2.75) is 25.4 Å². The molecule has 0 spiro atoms. The molecule has 18 heavy (non-hydrogen) atoms. The number of fused-ring (bicyclic) bond motifs is 1. The predicted molar refractivity (Wildman–Crippen MR) is 70.9 cm³/mol. The molecule has 0 aromatic heterocycles. The van der Waals surface area contributed by atoms with E-state index < -0.39 is 0 Å². The molecular formula is C16H16O2. The van der Waals surface area contributed by atoms with Crippen molar-refractivity contribution in [1.29, 1.82) is 0 Å². The van der Waals surface area contributed by atoms with Gasteiger partial charge < -0.3 is 9.84 Å². The highest BCUT2D eigenvalue weighted by Gasteiger charge is 2.21. The fourth-order valence-electron chi connectivity index (χ4n) is 2.55. The van der Waals surface area contributed by atoms with E-state index in [1.54, 1.807) is 18.2 Å². The fraction of sp³-hybridized carbons (Fsp3) is 0.250. The van der Waals surface area contributed by atoms with Gasteiger partial charge >= 0.3 is 0 Å². The number of benzene rings is 2. The molecule has 0 aliphatic heterocycles. The van der Waals surface area contributed by atoms with Crippen LogP contribution < -0.4 is 4.74 Å². The summed E-state index contributed by atoms with van der Waals surface area (Å²) in [5.74, 6) is 0.980. The monoisotopic (exact) mass is 240 g/mol. The van der Waals surface area contributed by atoms with Crippen LogP contribution in [0, 0.1) is 0 Å². The van der Waals surface area contributed by atoms with Crippen LogP contribution in [-0.4, -0.2) is 5.11 Å². The van der Waals surface area contributed by atoms with Gasteiger partial charge in [0.2, 0.25) is 0 Å². The molecule has 2 aromatic carbocycles. The molecule has 0 bridgehead atoms. The summed E-state index contributed by atoms with van der Waals surface area (Å²) in [7, 11) is 0. The first-order valence-corrected chi connectivity index (χ1v) is 6.36. The van der Waals surface area contributed by atoms with Crippen LogP contribution in [0.2, 0.25) is 0 Å². The van der Waals surface area contributed by atoms with Crippen molar-refractivity contribution in [1.82, 2.24) is 0 Å². The largest absolute Gasteiger partial charge is 0.508 e. The highest BCUT2D eigenvalue weighted by Crippen LogP contribution is 2.34. The number of aromatic hydroxyl groups is 1. The molecule has 92 valence electrons. The average molecular weight is 240 g/mol. The number of phenols is 1. The van der Waals surface area contributed by atoms with Crippen molar-refractivity contribution >= 4 is 0 Å². The van der Waals surface area contributed by atoms with E-state index in [2.05, 4.69) is 24.3 Å². The molecule has 0 saturated heterocycles. The molecule has 2 heteroatoms. The van der Waals surface area contributed by atoms with Gasteiger partial charge in [-0.25, -0.2) is 0 Å². The first kappa shape index (κ1) is 11.1. The quantitative estimate of drug-likeness (QED) is 0.864. The third-order valence-electron chi connectivity index (χ3n) is 3.41. The summed E-state index contributed by atoms with van der Waals surface area (Å²) in [4.78, 5) is 0. The van der Waals surface area contributed by atoms with E-state index in [1.165, 1.54) is 11.1 Å². The fourth-order valence-corrected chi connectivity index (χ4v) is 2.55. The summed E-state index contributed by atoms with van der Waals surface area (Å²) in [6.07, 6.45) is 3.43. The van der Waals surface area contributed by atoms with E-state index in [0.717, 1.165) is 25.0 Å². The van der Waals surface area contributed by atoms with Crippen molar-refractivity contribution < 1.29 is 9.84 Å². The minimum Gasteiger partial charge on any atom is -0.508 e. The molecule has 0 heterocycles. The Hall–Kier alpha value is -1.96. The number of aryl methyl sites for hydroxylation is 1. The summed E-state index contributed by atoms with van der Waals surface area (Å²) in [6.45, 7) is 0. The van der Waals surface area contributed by atoms with Gasteiger partial charge in [0.25, 0.3) is 0 Å². The summed E-state index contributed by atoms with van der Waals surface area (Å²) in [6, 6.07) is 15.5. The van der Waals surface area contributed by atoms with Crippen LogP contribution in [0.25, 0.3) is 0 Å². The van der Waals surface area contributed by atoms with Crippen LogP contribution in [0.4, 0.5) is 0 Å². The molecule has 1 aliphatic carbocycles. The maximum atomic E-state index is 9.46. The SMILES string of the molecule is Oc1cccc(OC2CCCc3ccccc32)c1. The molecule has 1 aliphatic rings.